The van der Waals surface area contributed by atoms with Crippen LogP contribution in [0.4, 0.5) is 0 Å². The van der Waals surface area contributed by atoms with Crippen LogP contribution in [0.1, 0.15) is 12.8 Å². The van der Waals surface area contributed by atoms with Crippen molar-refractivity contribution in [3.05, 3.63) is 24.3 Å². The van der Waals surface area contributed by atoms with Gasteiger partial charge in [0.1, 0.15) is 5.84 Å². The largest absolute Gasteiger partial charge is 0.493 e. The summed E-state index contributed by atoms with van der Waals surface area (Å²) in [4.78, 5) is 27.8. The number of carbonyl (C=O) groups is 2. The molecule has 0 radical (unpaired) electrons. The minimum absolute atomic E-state index is 0.218. The van der Waals surface area contributed by atoms with Crippen molar-refractivity contribution >= 4 is 17.6 Å². The highest BCUT2D eigenvalue weighted by Gasteiger charge is 2.39. The van der Waals surface area contributed by atoms with Gasteiger partial charge in [-0.15, -0.1) is 0 Å². The first-order valence-electron chi connectivity index (χ1n) is 6.42. The molecule has 1 aliphatic carbocycles. The number of amidine groups is 1. The van der Waals surface area contributed by atoms with Gasteiger partial charge >= 0.3 is 0 Å². The van der Waals surface area contributed by atoms with E-state index in [4.69, 9.17) is 9.47 Å². The molecule has 1 fully saturated rings. The van der Waals surface area contributed by atoms with Gasteiger partial charge in [-0.2, -0.15) is 4.99 Å². The van der Waals surface area contributed by atoms with Gasteiger partial charge in [0.25, 0.3) is 17.9 Å². The Morgan fingerprint density at radius 3 is 2.50 bits per heavy atom. The summed E-state index contributed by atoms with van der Waals surface area (Å²) in [7, 11) is 1.49. The van der Waals surface area contributed by atoms with Crippen LogP contribution in [0.5, 0.6) is 11.5 Å². The molecule has 0 saturated heterocycles. The summed E-state index contributed by atoms with van der Waals surface area (Å²) >= 11 is 0. The van der Waals surface area contributed by atoms with Gasteiger partial charge in [-0.1, -0.05) is 12.1 Å². The zero-order valence-electron chi connectivity index (χ0n) is 11.0. The molecule has 2 aliphatic rings. The Labute approximate surface area is 115 Å². The number of benzene rings is 1. The molecule has 1 heterocycles. The molecule has 1 aromatic carbocycles. The fourth-order valence-electron chi connectivity index (χ4n) is 2.01. The second-order valence-electron chi connectivity index (χ2n) is 4.75. The van der Waals surface area contributed by atoms with Gasteiger partial charge in [-0.25, -0.2) is 0 Å². The van der Waals surface area contributed by atoms with E-state index in [1.54, 1.807) is 24.3 Å². The molecule has 20 heavy (non-hydrogen) atoms. The first-order valence-corrected chi connectivity index (χ1v) is 6.42. The normalized spacial score (nSPS) is 22.1. The molecule has 1 aromatic rings. The Hall–Kier alpha value is -2.37. The number of nitrogens with zero attached hydrogens (tertiary/aromatic N) is 1. The second-order valence-corrected chi connectivity index (χ2v) is 4.75. The van der Waals surface area contributed by atoms with Crippen LogP contribution >= 0.6 is 0 Å². The number of rotatable bonds is 4. The lowest BCUT2D eigenvalue weighted by atomic mass is 10.2. The summed E-state index contributed by atoms with van der Waals surface area (Å²) in [6.45, 7) is 0. The Balaban J connectivity index is 1.80. The van der Waals surface area contributed by atoms with Crippen LogP contribution in [-0.2, 0) is 9.59 Å². The molecule has 1 atom stereocenters. The number of carbonyl (C=O) groups excluding carboxylic acids is 2. The van der Waals surface area contributed by atoms with Crippen molar-refractivity contribution < 1.29 is 19.1 Å². The van der Waals surface area contributed by atoms with Crippen molar-refractivity contribution in [3.8, 4) is 11.5 Å². The third kappa shape index (κ3) is 2.36. The Morgan fingerprint density at radius 2 is 1.90 bits per heavy atom. The summed E-state index contributed by atoms with van der Waals surface area (Å²) in [6.07, 6.45) is 0.670. The first-order chi connectivity index (χ1) is 9.69. The molecule has 1 saturated carbocycles. The van der Waals surface area contributed by atoms with E-state index in [0.717, 1.165) is 12.8 Å². The monoisotopic (exact) mass is 274 g/mol. The lowest BCUT2D eigenvalue weighted by Gasteiger charge is -2.21. The number of amides is 2. The number of nitrogens with one attached hydrogen (secondary N) is 1. The molecule has 104 valence electrons. The van der Waals surface area contributed by atoms with Gasteiger partial charge in [0.2, 0.25) is 0 Å². The van der Waals surface area contributed by atoms with Crippen molar-refractivity contribution in [3.63, 3.8) is 0 Å². The van der Waals surface area contributed by atoms with E-state index in [0.29, 0.717) is 17.3 Å². The molecular formula is C14H14N2O4. The van der Waals surface area contributed by atoms with E-state index >= 15 is 0 Å². The number of hydrogen-bond donors (Lipinski definition) is 1. The molecule has 0 bridgehead atoms. The van der Waals surface area contributed by atoms with Crippen molar-refractivity contribution in [1.29, 1.82) is 0 Å². The number of hydrogen-bond acceptors (Lipinski definition) is 4. The predicted molar refractivity (Wildman–Crippen MR) is 70.7 cm³/mol. The summed E-state index contributed by atoms with van der Waals surface area (Å²) < 4.78 is 10.6. The lowest BCUT2D eigenvalue weighted by molar-refractivity contribution is -0.137. The van der Waals surface area contributed by atoms with Gasteiger partial charge in [0.05, 0.1) is 7.11 Å². The standard InChI is InChI=1S/C14H14N2O4/c1-19-9-4-2-3-5-10(9)20-11-13(17)15-12(8-6-7-8)16-14(11)18/h2-5,8,11H,6-7H2,1H3,(H,15,16,17,18). The van der Waals surface area contributed by atoms with Crippen molar-refractivity contribution in [1.82, 2.24) is 5.32 Å². The average molecular weight is 274 g/mol. The third-order valence-electron chi connectivity index (χ3n) is 3.22. The zero-order valence-corrected chi connectivity index (χ0v) is 11.0. The Kier molecular flexibility index (Phi) is 3.14. The van der Waals surface area contributed by atoms with E-state index in [2.05, 4.69) is 10.3 Å². The quantitative estimate of drug-likeness (QED) is 0.828. The van der Waals surface area contributed by atoms with Crippen LogP contribution in [0.15, 0.2) is 29.3 Å². The fourth-order valence-corrected chi connectivity index (χ4v) is 2.01. The molecule has 1 N–H and O–H groups in total. The van der Waals surface area contributed by atoms with Crippen molar-refractivity contribution in [2.75, 3.05) is 7.11 Å². The highest BCUT2D eigenvalue weighted by molar-refractivity contribution is 6.18. The van der Waals surface area contributed by atoms with Gasteiger partial charge < -0.3 is 14.8 Å². The predicted octanol–water partition coefficient (Wildman–Crippen LogP) is 0.907. The summed E-state index contributed by atoms with van der Waals surface area (Å²) in [5, 5.41) is 2.64. The van der Waals surface area contributed by atoms with Crippen molar-refractivity contribution in [2.24, 2.45) is 10.9 Å². The van der Waals surface area contributed by atoms with Gasteiger partial charge in [-0.05, 0) is 25.0 Å². The molecule has 3 rings (SSSR count). The highest BCUT2D eigenvalue weighted by atomic mass is 16.5. The number of methoxy groups -OCH3 is 1. The number of ether oxygens (including phenoxy) is 2. The lowest BCUT2D eigenvalue weighted by Crippen LogP contribution is -2.50. The Morgan fingerprint density at radius 1 is 1.20 bits per heavy atom. The molecule has 0 spiro atoms. The zero-order chi connectivity index (χ0) is 14.1. The third-order valence-corrected chi connectivity index (χ3v) is 3.22. The second kappa shape index (κ2) is 4.96. The summed E-state index contributed by atoms with van der Waals surface area (Å²) in [5.74, 6) is 0.452. The van der Waals surface area contributed by atoms with E-state index in [1.807, 2.05) is 0 Å². The highest BCUT2D eigenvalue weighted by Crippen LogP contribution is 2.31. The van der Waals surface area contributed by atoms with E-state index in [1.165, 1.54) is 7.11 Å². The number of aliphatic imine (C=N–C) groups is 1. The molecule has 1 unspecified atom stereocenters. The van der Waals surface area contributed by atoms with Gasteiger partial charge in [-0.3, -0.25) is 9.59 Å². The molecule has 6 nitrogen and oxygen atoms in total. The molecule has 2 amide bonds. The smallest absolute Gasteiger partial charge is 0.298 e. The molecule has 6 heteroatoms. The summed E-state index contributed by atoms with van der Waals surface area (Å²) in [6, 6.07) is 6.85. The molecule has 0 aromatic heterocycles. The van der Waals surface area contributed by atoms with Crippen LogP contribution < -0.4 is 14.8 Å². The van der Waals surface area contributed by atoms with Crippen LogP contribution in [0.25, 0.3) is 0 Å². The average Bonchev–Trinajstić information content (AvgIpc) is 3.27. The summed E-state index contributed by atoms with van der Waals surface area (Å²) in [5.41, 5.74) is 0. The van der Waals surface area contributed by atoms with Crippen LogP contribution in [0, 0.1) is 5.92 Å². The minimum Gasteiger partial charge on any atom is -0.493 e. The van der Waals surface area contributed by atoms with Crippen LogP contribution in [0.3, 0.4) is 0 Å². The maximum atomic E-state index is 12.0. The maximum Gasteiger partial charge on any atom is 0.298 e. The Bertz CT molecular complexity index is 593. The maximum absolute atomic E-state index is 12.0. The van der Waals surface area contributed by atoms with E-state index < -0.39 is 17.9 Å². The molecule has 1 aliphatic heterocycles. The topological polar surface area (TPSA) is 77.0 Å². The van der Waals surface area contributed by atoms with Gasteiger partial charge in [0.15, 0.2) is 11.5 Å². The molecular weight excluding hydrogens is 260 g/mol. The van der Waals surface area contributed by atoms with Crippen LogP contribution in [0.2, 0.25) is 0 Å². The first kappa shape index (κ1) is 12.7. The van der Waals surface area contributed by atoms with E-state index in [-0.39, 0.29) is 5.92 Å². The number of para-hydroxylation sites is 2. The van der Waals surface area contributed by atoms with Crippen molar-refractivity contribution in [2.45, 2.75) is 18.9 Å². The SMILES string of the molecule is COc1ccccc1OC1C(=O)N=C(C2CC2)NC1=O. The van der Waals surface area contributed by atoms with Crippen LogP contribution in [-0.4, -0.2) is 30.9 Å². The fraction of sp³-hybridized carbons (Fsp3) is 0.357. The van der Waals surface area contributed by atoms with E-state index in [9.17, 15) is 9.59 Å². The minimum atomic E-state index is -1.26. The van der Waals surface area contributed by atoms with Gasteiger partial charge in [0, 0.05) is 5.92 Å².